The first-order valence-corrected chi connectivity index (χ1v) is 7.85. The Balaban J connectivity index is 2.12. The zero-order chi connectivity index (χ0) is 17.4. The molecule has 0 aliphatic heterocycles. The van der Waals surface area contributed by atoms with Gasteiger partial charge in [0, 0.05) is 11.1 Å². The average Bonchev–Trinajstić information content (AvgIpc) is 2.87. The van der Waals surface area contributed by atoms with Crippen LogP contribution in [0.15, 0.2) is 36.5 Å². The van der Waals surface area contributed by atoms with Crippen molar-refractivity contribution in [1.82, 2.24) is 9.38 Å². The molecule has 1 aromatic carbocycles. The summed E-state index contributed by atoms with van der Waals surface area (Å²) in [6, 6.07) is 8.77. The first kappa shape index (κ1) is 16.3. The van der Waals surface area contributed by atoms with E-state index < -0.39 is 4.92 Å². The van der Waals surface area contributed by atoms with E-state index in [9.17, 15) is 10.1 Å². The van der Waals surface area contributed by atoms with Gasteiger partial charge in [0.1, 0.15) is 5.75 Å². The molecule has 0 N–H and O–H groups in total. The van der Waals surface area contributed by atoms with E-state index in [0.29, 0.717) is 16.4 Å². The molecule has 0 radical (unpaired) electrons. The smallest absolute Gasteiger partial charge is 0.392 e. The van der Waals surface area contributed by atoms with Crippen LogP contribution in [0.25, 0.3) is 5.65 Å². The number of imidazole rings is 1. The number of fused-ring (bicyclic) bond motifs is 1. The number of aromatic nitrogens is 2. The van der Waals surface area contributed by atoms with Crippen LogP contribution < -0.4 is 4.74 Å². The quantitative estimate of drug-likeness (QED) is 0.486. The molecule has 24 heavy (non-hydrogen) atoms. The monoisotopic (exact) mass is 345 g/mol. The number of halogens is 1. The molecule has 0 unspecified atom stereocenters. The summed E-state index contributed by atoms with van der Waals surface area (Å²) in [5.74, 6) is 0.475. The number of ether oxygens (including phenoxy) is 1. The average molecular weight is 346 g/mol. The Morgan fingerprint density at radius 3 is 2.75 bits per heavy atom. The number of rotatable bonds is 4. The van der Waals surface area contributed by atoms with Crippen molar-refractivity contribution in [3.8, 4) is 11.6 Å². The van der Waals surface area contributed by atoms with Gasteiger partial charge in [-0.25, -0.2) is 0 Å². The molecule has 0 fully saturated rings. The molecular weight excluding hydrogens is 330 g/mol. The number of pyridine rings is 1. The highest BCUT2D eigenvalue weighted by Gasteiger charge is 2.25. The van der Waals surface area contributed by atoms with Crippen molar-refractivity contribution in [3.05, 3.63) is 62.8 Å². The van der Waals surface area contributed by atoms with Crippen LogP contribution in [-0.2, 0) is 0 Å². The van der Waals surface area contributed by atoms with E-state index in [1.807, 2.05) is 26.8 Å². The van der Waals surface area contributed by atoms with E-state index in [1.165, 1.54) is 4.40 Å². The fourth-order valence-corrected chi connectivity index (χ4v) is 2.96. The Kier molecular flexibility index (Phi) is 4.15. The minimum atomic E-state index is -0.496. The number of hydrogen-bond acceptors (Lipinski definition) is 4. The van der Waals surface area contributed by atoms with Gasteiger partial charge in [0.25, 0.3) is 0 Å². The molecule has 0 saturated heterocycles. The van der Waals surface area contributed by atoms with Crippen molar-refractivity contribution >= 4 is 23.1 Å². The molecule has 6 nitrogen and oxygen atoms in total. The lowest BCUT2D eigenvalue weighted by Crippen LogP contribution is -1.98. The van der Waals surface area contributed by atoms with Crippen molar-refractivity contribution in [2.24, 2.45) is 0 Å². The molecule has 2 heterocycles. The van der Waals surface area contributed by atoms with E-state index in [0.717, 1.165) is 11.1 Å². The van der Waals surface area contributed by atoms with Crippen LogP contribution in [0.4, 0.5) is 5.82 Å². The number of benzene rings is 1. The molecule has 0 amide bonds. The molecule has 3 rings (SSSR count). The van der Waals surface area contributed by atoms with Crippen LogP contribution in [-0.4, -0.2) is 14.3 Å². The summed E-state index contributed by atoms with van der Waals surface area (Å²) >= 11 is 6.26. The summed E-state index contributed by atoms with van der Waals surface area (Å²) in [4.78, 5) is 15.2. The second-order valence-corrected chi connectivity index (χ2v) is 6.23. The molecule has 0 aliphatic carbocycles. The van der Waals surface area contributed by atoms with Crippen molar-refractivity contribution in [2.45, 2.75) is 26.7 Å². The third-order valence-electron chi connectivity index (χ3n) is 3.77. The third-order valence-corrected chi connectivity index (χ3v) is 4.10. The lowest BCUT2D eigenvalue weighted by molar-refractivity contribution is -0.391. The van der Waals surface area contributed by atoms with Gasteiger partial charge in [-0.05, 0) is 47.1 Å². The van der Waals surface area contributed by atoms with E-state index >= 15 is 0 Å². The van der Waals surface area contributed by atoms with Gasteiger partial charge in [-0.15, -0.1) is 0 Å². The molecule has 0 saturated carbocycles. The standard InChI is InChI=1S/C17H16ClN3O3/c1-10(2)12-9-14(11(3)8-13(12)18)24-16-17(21(22)23)20-7-5-4-6-15(20)19-16/h4-10H,1-3H3. The van der Waals surface area contributed by atoms with Crippen molar-refractivity contribution in [3.63, 3.8) is 0 Å². The Morgan fingerprint density at radius 2 is 2.08 bits per heavy atom. The molecular formula is C17H16ClN3O3. The minimum Gasteiger partial charge on any atom is -0.432 e. The first-order valence-electron chi connectivity index (χ1n) is 7.48. The zero-order valence-corrected chi connectivity index (χ0v) is 14.2. The SMILES string of the molecule is Cc1cc(Cl)c(C(C)C)cc1Oc1nc2ccccn2c1[N+](=O)[O-]. The maximum Gasteiger partial charge on any atom is 0.392 e. The number of hydrogen-bond donors (Lipinski definition) is 0. The lowest BCUT2D eigenvalue weighted by Gasteiger charge is -2.13. The number of aryl methyl sites for hydroxylation is 1. The number of nitrogens with zero attached hydrogens (tertiary/aromatic N) is 3. The van der Waals surface area contributed by atoms with Gasteiger partial charge >= 0.3 is 11.7 Å². The molecule has 2 aromatic heterocycles. The van der Waals surface area contributed by atoms with Gasteiger partial charge in [0.05, 0.1) is 6.20 Å². The van der Waals surface area contributed by atoms with E-state index in [-0.39, 0.29) is 17.6 Å². The van der Waals surface area contributed by atoms with Crippen LogP contribution in [0.5, 0.6) is 11.6 Å². The normalized spacial score (nSPS) is 11.2. The maximum atomic E-state index is 11.4. The molecule has 0 aliphatic rings. The molecule has 7 heteroatoms. The Bertz CT molecular complexity index is 934. The molecule has 0 spiro atoms. The zero-order valence-electron chi connectivity index (χ0n) is 13.5. The molecule has 0 bridgehead atoms. The van der Waals surface area contributed by atoms with Crippen molar-refractivity contribution in [1.29, 1.82) is 0 Å². The topological polar surface area (TPSA) is 69.7 Å². The van der Waals surface area contributed by atoms with Gasteiger partial charge in [0.2, 0.25) is 5.65 Å². The second-order valence-electron chi connectivity index (χ2n) is 5.82. The molecule has 3 aromatic rings. The van der Waals surface area contributed by atoms with Crippen LogP contribution in [0.1, 0.15) is 30.9 Å². The summed E-state index contributed by atoms with van der Waals surface area (Å²) in [5, 5.41) is 12.1. The highest BCUT2D eigenvalue weighted by Crippen LogP contribution is 2.36. The summed E-state index contributed by atoms with van der Waals surface area (Å²) in [6.07, 6.45) is 1.58. The maximum absolute atomic E-state index is 11.4. The summed E-state index contributed by atoms with van der Waals surface area (Å²) in [7, 11) is 0. The summed E-state index contributed by atoms with van der Waals surface area (Å²) in [5.41, 5.74) is 2.16. The predicted molar refractivity (Wildman–Crippen MR) is 92.2 cm³/mol. The number of nitro groups is 1. The Morgan fingerprint density at radius 1 is 1.33 bits per heavy atom. The van der Waals surface area contributed by atoms with Crippen molar-refractivity contribution < 1.29 is 9.66 Å². The minimum absolute atomic E-state index is 0.0358. The predicted octanol–water partition coefficient (Wildman–Crippen LogP) is 5.12. The molecule has 124 valence electrons. The highest BCUT2D eigenvalue weighted by atomic mass is 35.5. The lowest BCUT2D eigenvalue weighted by atomic mass is 10.0. The van der Waals surface area contributed by atoms with Crippen LogP contribution >= 0.6 is 11.6 Å². The highest BCUT2D eigenvalue weighted by molar-refractivity contribution is 6.31. The Hall–Kier alpha value is -2.60. The first-order chi connectivity index (χ1) is 11.4. The van der Waals surface area contributed by atoms with Gasteiger partial charge < -0.3 is 14.9 Å². The van der Waals surface area contributed by atoms with Crippen molar-refractivity contribution in [2.75, 3.05) is 0 Å². The summed E-state index contributed by atoms with van der Waals surface area (Å²) in [6.45, 7) is 5.88. The largest absolute Gasteiger partial charge is 0.432 e. The van der Waals surface area contributed by atoms with Gasteiger partial charge in [-0.2, -0.15) is 9.38 Å². The van der Waals surface area contributed by atoms with E-state index in [4.69, 9.17) is 16.3 Å². The summed E-state index contributed by atoms with van der Waals surface area (Å²) < 4.78 is 7.19. The third kappa shape index (κ3) is 2.80. The van der Waals surface area contributed by atoms with Crippen LogP contribution in [0.3, 0.4) is 0 Å². The molecule has 0 atom stereocenters. The van der Waals surface area contributed by atoms with Crippen LogP contribution in [0, 0.1) is 17.0 Å². The van der Waals surface area contributed by atoms with E-state index in [1.54, 1.807) is 30.5 Å². The second kappa shape index (κ2) is 6.13. The van der Waals surface area contributed by atoms with E-state index in [2.05, 4.69) is 4.98 Å². The fourth-order valence-electron chi connectivity index (χ4n) is 2.52. The van der Waals surface area contributed by atoms with Gasteiger partial charge in [-0.1, -0.05) is 31.5 Å². The van der Waals surface area contributed by atoms with Gasteiger partial charge in [-0.3, -0.25) is 0 Å². The fraction of sp³-hybridized carbons (Fsp3) is 0.235. The Labute approximate surface area is 143 Å². The van der Waals surface area contributed by atoms with Gasteiger partial charge in [0.15, 0.2) is 0 Å². The van der Waals surface area contributed by atoms with Crippen LogP contribution in [0.2, 0.25) is 5.02 Å².